The molecule has 1 atom stereocenters. The van der Waals surface area contributed by atoms with Crippen molar-refractivity contribution in [2.75, 3.05) is 0 Å². The lowest BCUT2D eigenvalue weighted by Crippen LogP contribution is -2.42. The lowest BCUT2D eigenvalue weighted by Gasteiger charge is -2.19. The highest BCUT2D eigenvalue weighted by molar-refractivity contribution is 5.96. The number of alkyl halides is 3. The molecule has 0 saturated carbocycles. The smallest absolute Gasteiger partial charge is 0.416 e. The summed E-state index contributed by atoms with van der Waals surface area (Å²) in [6.07, 6.45) is -1.05. The van der Waals surface area contributed by atoms with E-state index in [4.69, 9.17) is 0 Å². The Bertz CT molecular complexity index is 1480. The lowest BCUT2D eigenvalue weighted by atomic mass is 9.86. The van der Waals surface area contributed by atoms with Gasteiger partial charge in [-0.15, -0.1) is 0 Å². The summed E-state index contributed by atoms with van der Waals surface area (Å²) >= 11 is 0. The number of aromatic nitrogens is 2. The van der Waals surface area contributed by atoms with Crippen molar-refractivity contribution in [3.8, 4) is 22.5 Å². The lowest BCUT2D eigenvalue weighted by molar-refractivity contribution is -0.139. The highest BCUT2D eigenvalue weighted by atomic mass is 19.4. The van der Waals surface area contributed by atoms with Crippen LogP contribution in [-0.4, -0.2) is 33.0 Å². The van der Waals surface area contributed by atoms with Crippen LogP contribution in [0.25, 0.3) is 22.5 Å². The van der Waals surface area contributed by atoms with Gasteiger partial charge < -0.3 is 10.4 Å². The van der Waals surface area contributed by atoms with E-state index in [-0.39, 0.29) is 17.4 Å². The number of rotatable bonds is 7. The normalized spacial score (nSPS) is 12.6. The molecule has 4 aromatic rings. The average Bonchev–Trinajstić information content (AvgIpc) is 2.92. The Balaban J connectivity index is 1.41. The summed E-state index contributed by atoms with van der Waals surface area (Å²) in [4.78, 5) is 33.2. The molecule has 0 aliphatic rings. The van der Waals surface area contributed by atoms with Gasteiger partial charge in [0.2, 0.25) is 0 Å². The first kappa shape index (κ1) is 28.5. The molecular formula is C31H28F3N3O3. The Morgan fingerprint density at radius 1 is 0.775 bits per heavy atom. The number of carbonyl (C=O) groups is 2. The molecule has 0 fully saturated rings. The third-order valence-electron chi connectivity index (χ3n) is 6.47. The van der Waals surface area contributed by atoms with E-state index in [2.05, 4.69) is 48.2 Å². The number of benzene rings is 3. The maximum Gasteiger partial charge on any atom is 0.416 e. The topological polar surface area (TPSA) is 92.2 Å². The monoisotopic (exact) mass is 547 g/mol. The van der Waals surface area contributed by atoms with Crippen LogP contribution in [0.1, 0.15) is 47.8 Å². The number of amides is 1. The predicted octanol–water partition coefficient (Wildman–Crippen LogP) is 6.55. The van der Waals surface area contributed by atoms with Crippen LogP contribution in [0.3, 0.4) is 0 Å². The van der Waals surface area contributed by atoms with E-state index in [9.17, 15) is 27.9 Å². The fourth-order valence-corrected chi connectivity index (χ4v) is 4.07. The molecule has 1 heterocycles. The maximum atomic E-state index is 12.8. The molecule has 0 radical (unpaired) electrons. The third kappa shape index (κ3) is 6.91. The second-order valence-corrected chi connectivity index (χ2v) is 10.5. The molecule has 0 aliphatic carbocycles. The maximum absolute atomic E-state index is 12.8. The molecule has 2 N–H and O–H groups in total. The van der Waals surface area contributed by atoms with Gasteiger partial charge in [-0.2, -0.15) is 13.2 Å². The van der Waals surface area contributed by atoms with Crippen LogP contribution in [0.2, 0.25) is 0 Å². The first-order chi connectivity index (χ1) is 18.8. The van der Waals surface area contributed by atoms with Crippen LogP contribution in [0.15, 0.2) is 85.2 Å². The molecule has 1 amide bonds. The molecule has 0 aliphatic heterocycles. The van der Waals surface area contributed by atoms with Gasteiger partial charge in [-0.1, -0.05) is 69.3 Å². The van der Waals surface area contributed by atoms with Gasteiger partial charge in [0, 0.05) is 35.5 Å². The van der Waals surface area contributed by atoms with Gasteiger partial charge in [-0.25, -0.2) is 14.8 Å². The first-order valence-electron chi connectivity index (χ1n) is 12.5. The molecule has 1 aromatic heterocycles. The van der Waals surface area contributed by atoms with Crippen molar-refractivity contribution in [3.05, 3.63) is 107 Å². The van der Waals surface area contributed by atoms with Crippen LogP contribution in [-0.2, 0) is 22.8 Å². The molecule has 0 unspecified atom stereocenters. The van der Waals surface area contributed by atoms with Crippen molar-refractivity contribution >= 4 is 11.9 Å². The van der Waals surface area contributed by atoms with Gasteiger partial charge in [-0.05, 0) is 46.4 Å². The zero-order chi connectivity index (χ0) is 29.1. The molecule has 6 nitrogen and oxygen atoms in total. The average molecular weight is 548 g/mol. The summed E-state index contributed by atoms with van der Waals surface area (Å²) in [5, 5.41) is 12.0. The molecule has 40 heavy (non-hydrogen) atoms. The van der Waals surface area contributed by atoms with E-state index >= 15 is 0 Å². The first-order valence-corrected chi connectivity index (χ1v) is 12.5. The number of aliphatic carboxylic acids is 1. The number of carbonyl (C=O) groups excluding carboxylic acids is 1. The Kier molecular flexibility index (Phi) is 8.04. The summed E-state index contributed by atoms with van der Waals surface area (Å²) in [5.74, 6) is -1.54. The summed E-state index contributed by atoms with van der Waals surface area (Å²) in [6.45, 7) is 6.48. The number of nitrogens with one attached hydrogen (secondary N) is 1. The van der Waals surface area contributed by atoms with E-state index < -0.39 is 29.7 Å². The summed E-state index contributed by atoms with van der Waals surface area (Å²) in [5.41, 5.74) is 3.60. The van der Waals surface area contributed by atoms with E-state index in [0.29, 0.717) is 11.4 Å². The zero-order valence-electron chi connectivity index (χ0n) is 22.2. The van der Waals surface area contributed by atoms with Gasteiger partial charge in [-0.3, -0.25) is 4.79 Å². The molecule has 206 valence electrons. The molecule has 0 saturated heterocycles. The number of hydrogen-bond donors (Lipinski definition) is 2. The number of carboxylic acids is 1. The van der Waals surface area contributed by atoms with Crippen molar-refractivity contribution < 1.29 is 27.9 Å². The predicted molar refractivity (Wildman–Crippen MR) is 146 cm³/mol. The van der Waals surface area contributed by atoms with Gasteiger partial charge in [0.25, 0.3) is 5.91 Å². The Labute approximate surface area is 229 Å². The third-order valence-corrected chi connectivity index (χ3v) is 6.47. The van der Waals surface area contributed by atoms with E-state index in [1.807, 2.05) is 12.1 Å². The SMILES string of the molecule is CC(C)(C)c1ccc(-c2cnc(-c3ccc(C[C@H](NC(=O)c4ccc(C(F)(F)F)cc4)C(=O)O)cc3)nc2)cc1. The molecule has 4 rings (SSSR count). The fourth-order valence-electron chi connectivity index (χ4n) is 4.07. The van der Waals surface area contributed by atoms with Crippen LogP contribution in [0, 0.1) is 0 Å². The van der Waals surface area contributed by atoms with Crippen molar-refractivity contribution in [1.82, 2.24) is 15.3 Å². The minimum Gasteiger partial charge on any atom is -0.480 e. The van der Waals surface area contributed by atoms with Gasteiger partial charge >= 0.3 is 12.1 Å². The zero-order valence-corrected chi connectivity index (χ0v) is 22.2. The standard InChI is InChI=1S/C31H28F3N3O3/c1-30(2,3)24-12-8-20(9-13-24)23-17-35-27(36-18-23)21-6-4-19(5-7-21)16-26(29(39)40)37-28(38)22-10-14-25(15-11-22)31(32,33)34/h4-15,17-18,26H,16H2,1-3H3,(H,37,38)(H,39,40)/t26-/m0/s1. The molecule has 0 bridgehead atoms. The van der Waals surface area contributed by atoms with Crippen molar-refractivity contribution in [2.45, 2.75) is 44.8 Å². The van der Waals surface area contributed by atoms with Crippen LogP contribution < -0.4 is 5.32 Å². The van der Waals surface area contributed by atoms with Gasteiger partial charge in [0.05, 0.1) is 5.56 Å². The number of hydrogen-bond acceptors (Lipinski definition) is 4. The number of halogens is 3. The minimum atomic E-state index is -4.53. The molecule has 0 spiro atoms. The second-order valence-electron chi connectivity index (χ2n) is 10.5. The largest absolute Gasteiger partial charge is 0.480 e. The highest BCUT2D eigenvalue weighted by Gasteiger charge is 2.30. The van der Waals surface area contributed by atoms with E-state index in [1.165, 1.54) is 5.56 Å². The van der Waals surface area contributed by atoms with E-state index in [1.54, 1.807) is 36.7 Å². The minimum absolute atomic E-state index is 0.0215. The number of nitrogens with zero attached hydrogens (tertiary/aromatic N) is 2. The van der Waals surface area contributed by atoms with E-state index in [0.717, 1.165) is 41.0 Å². The van der Waals surface area contributed by atoms with Crippen molar-refractivity contribution in [3.63, 3.8) is 0 Å². The van der Waals surface area contributed by atoms with Gasteiger partial charge in [0.15, 0.2) is 5.82 Å². The summed E-state index contributed by atoms with van der Waals surface area (Å²) < 4.78 is 38.3. The van der Waals surface area contributed by atoms with Crippen LogP contribution in [0.4, 0.5) is 13.2 Å². The number of carboxylic acid groups (broad SMARTS) is 1. The quantitative estimate of drug-likeness (QED) is 0.274. The van der Waals surface area contributed by atoms with Gasteiger partial charge in [0.1, 0.15) is 6.04 Å². The highest BCUT2D eigenvalue weighted by Crippen LogP contribution is 2.29. The van der Waals surface area contributed by atoms with Crippen molar-refractivity contribution in [1.29, 1.82) is 0 Å². The Morgan fingerprint density at radius 2 is 1.30 bits per heavy atom. The second kappa shape index (κ2) is 11.3. The molecule has 9 heteroatoms. The van der Waals surface area contributed by atoms with Crippen LogP contribution in [0.5, 0.6) is 0 Å². The Hall–Kier alpha value is -4.53. The Morgan fingerprint density at radius 3 is 1.80 bits per heavy atom. The molecular weight excluding hydrogens is 519 g/mol. The molecule has 3 aromatic carbocycles. The fraction of sp³-hybridized carbons (Fsp3) is 0.226. The summed E-state index contributed by atoms with van der Waals surface area (Å²) in [6, 6.07) is 17.6. The van der Waals surface area contributed by atoms with Crippen LogP contribution >= 0.6 is 0 Å². The summed E-state index contributed by atoms with van der Waals surface area (Å²) in [7, 11) is 0. The van der Waals surface area contributed by atoms with Crippen molar-refractivity contribution in [2.24, 2.45) is 0 Å².